The molecule has 1 fully saturated rings. The molecule has 11 heavy (non-hydrogen) atoms. The van der Waals surface area contributed by atoms with Gasteiger partial charge in [-0.25, -0.2) is 0 Å². The van der Waals surface area contributed by atoms with Gasteiger partial charge in [0.15, 0.2) is 0 Å². The Bertz CT molecular complexity index is 111. The lowest BCUT2D eigenvalue weighted by Gasteiger charge is -2.31. The highest BCUT2D eigenvalue weighted by atomic mass is 16.3. The topological polar surface area (TPSA) is 49.5 Å². The van der Waals surface area contributed by atoms with E-state index < -0.39 is 0 Å². The molecule has 1 rings (SSSR count). The van der Waals surface area contributed by atoms with Crippen LogP contribution in [0.15, 0.2) is 0 Å². The van der Waals surface area contributed by atoms with Gasteiger partial charge in [-0.1, -0.05) is 0 Å². The van der Waals surface area contributed by atoms with Gasteiger partial charge in [0, 0.05) is 6.04 Å². The minimum atomic E-state index is 0.00343. The van der Waals surface area contributed by atoms with Crippen molar-refractivity contribution in [2.24, 2.45) is 11.7 Å². The highest BCUT2D eigenvalue weighted by molar-refractivity contribution is 4.77. The molecule has 1 aliphatic rings. The van der Waals surface area contributed by atoms with Crippen molar-refractivity contribution >= 4 is 0 Å². The third-order valence-electron chi connectivity index (χ3n) is 2.58. The number of likely N-dealkylation sites (tertiary alicyclic amines) is 1. The van der Waals surface area contributed by atoms with E-state index in [4.69, 9.17) is 10.8 Å². The van der Waals surface area contributed by atoms with E-state index in [0.29, 0.717) is 5.92 Å². The van der Waals surface area contributed by atoms with Crippen LogP contribution in [0.4, 0.5) is 0 Å². The Hall–Kier alpha value is -0.120. The molecule has 1 aliphatic heterocycles. The number of rotatable bonds is 2. The number of hydrogen-bond acceptors (Lipinski definition) is 3. The van der Waals surface area contributed by atoms with Gasteiger partial charge in [0.25, 0.3) is 0 Å². The Morgan fingerprint density at radius 3 is 2.55 bits per heavy atom. The van der Waals surface area contributed by atoms with Crippen molar-refractivity contribution in [3.63, 3.8) is 0 Å². The lowest BCUT2D eigenvalue weighted by atomic mass is 9.91. The maximum atomic E-state index is 8.81. The summed E-state index contributed by atoms with van der Waals surface area (Å²) in [7, 11) is 2.13. The summed E-state index contributed by atoms with van der Waals surface area (Å²) < 4.78 is 0. The van der Waals surface area contributed by atoms with E-state index in [-0.39, 0.29) is 12.6 Å². The van der Waals surface area contributed by atoms with Gasteiger partial charge in [-0.15, -0.1) is 0 Å². The van der Waals surface area contributed by atoms with Gasteiger partial charge in [0.1, 0.15) is 0 Å². The van der Waals surface area contributed by atoms with Gasteiger partial charge in [-0.2, -0.15) is 0 Å². The SMILES string of the molecule is CN1CCC([C@@H](N)CO)CC1. The molecule has 0 aromatic rings. The van der Waals surface area contributed by atoms with Gasteiger partial charge in [0.05, 0.1) is 6.61 Å². The third-order valence-corrected chi connectivity index (χ3v) is 2.58. The quantitative estimate of drug-likeness (QED) is 0.577. The maximum absolute atomic E-state index is 8.81. The smallest absolute Gasteiger partial charge is 0.0585 e. The van der Waals surface area contributed by atoms with Crippen molar-refractivity contribution < 1.29 is 5.11 Å². The summed E-state index contributed by atoms with van der Waals surface area (Å²) in [5, 5.41) is 8.81. The largest absolute Gasteiger partial charge is 0.395 e. The summed E-state index contributed by atoms with van der Waals surface area (Å²) in [6, 6.07) is 0.00343. The molecule has 66 valence electrons. The molecule has 0 bridgehead atoms. The zero-order chi connectivity index (χ0) is 8.27. The Kier molecular flexibility index (Phi) is 3.30. The molecule has 1 heterocycles. The molecule has 0 saturated carbocycles. The molecule has 0 spiro atoms. The molecule has 3 N–H and O–H groups in total. The molecule has 1 atom stereocenters. The van der Waals surface area contributed by atoms with Crippen LogP contribution in [0.25, 0.3) is 0 Å². The van der Waals surface area contributed by atoms with Crippen molar-refractivity contribution in [3.05, 3.63) is 0 Å². The molecule has 3 nitrogen and oxygen atoms in total. The first-order valence-electron chi connectivity index (χ1n) is 4.29. The molecular formula is C8H18N2O. The van der Waals surface area contributed by atoms with Crippen LogP contribution in [-0.4, -0.2) is 42.8 Å². The minimum absolute atomic E-state index is 0.00343. The van der Waals surface area contributed by atoms with E-state index in [1.807, 2.05) is 0 Å². The second kappa shape index (κ2) is 4.04. The predicted octanol–water partition coefficient (Wildman–Crippen LogP) is -0.352. The standard InChI is InChI=1S/C8H18N2O/c1-10-4-2-7(3-5-10)8(9)6-11/h7-8,11H,2-6,9H2,1H3/t8-/m0/s1. The van der Waals surface area contributed by atoms with Crippen LogP contribution in [0.2, 0.25) is 0 Å². The van der Waals surface area contributed by atoms with Crippen molar-refractivity contribution in [1.29, 1.82) is 0 Å². The van der Waals surface area contributed by atoms with Crippen molar-refractivity contribution in [3.8, 4) is 0 Å². The molecule has 0 aromatic heterocycles. The first-order chi connectivity index (χ1) is 5.24. The van der Waals surface area contributed by atoms with E-state index in [1.165, 1.54) is 0 Å². The van der Waals surface area contributed by atoms with Crippen LogP contribution in [0.1, 0.15) is 12.8 Å². The van der Waals surface area contributed by atoms with E-state index in [1.54, 1.807) is 0 Å². The molecule has 3 heteroatoms. The number of aliphatic hydroxyl groups excluding tert-OH is 1. The summed E-state index contributed by atoms with van der Waals surface area (Å²) in [4.78, 5) is 2.31. The predicted molar refractivity (Wildman–Crippen MR) is 45.3 cm³/mol. The Morgan fingerprint density at radius 1 is 1.55 bits per heavy atom. The number of hydrogen-bond donors (Lipinski definition) is 2. The maximum Gasteiger partial charge on any atom is 0.0585 e. The first kappa shape index (κ1) is 8.97. The Morgan fingerprint density at radius 2 is 2.09 bits per heavy atom. The summed E-state index contributed by atoms with van der Waals surface area (Å²) >= 11 is 0. The zero-order valence-electron chi connectivity index (χ0n) is 7.16. The molecule has 0 aliphatic carbocycles. The summed E-state index contributed by atoms with van der Waals surface area (Å²) in [5.74, 6) is 0.538. The van der Waals surface area contributed by atoms with Crippen molar-refractivity contribution in [1.82, 2.24) is 4.90 Å². The number of aliphatic hydroxyl groups is 1. The van der Waals surface area contributed by atoms with Crippen LogP contribution in [0.3, 0.4) is 0 Å². The summed E-state index contributed by atoms with van der Waals surface area (Å²) in [5.41, 5.74) is 5.72. The van der Waals surface area contributed by atoms with Gasteiger partial charge < -0.3 is 15.7 Å². The number of nitrogens with zero attached hydrogens (tertiary/aromatic N) is 1. The van der Waals surface area contributed by atoms with Gasteiger partial charge >= 0.3 is 0 Å². The fourth-order valence-electron chi connectivity index (χ4n) is 1.61. The van der Waals surface area contributed by atoms with Crippen LogP contribution in [0, 0.1) is 5.92 Å². The van der Waals surface area contributed by atoms with E-state index in [2.05, 4.69) is 11.9 Å². The van der Waals surface area contributed by atoms with Crippen molar-refractivity contribution in [2.45, 2.75) is 18.9 Å². The second-order valence-corrected chi connectivity index (χ2v) is 3.49. The van der Waals surface area contributed by atoms with Crippen LogP contribution in [-0.2, 0) is 0 Å². The monoisotopic (exact) mass is 158 g/mol. The molecule has 0 amide bonds. The second-order valence-electron chi connectivity index (χ2n) is 3.49. The average molecular weight is 158 g/mol. The lowest BCUT2D eigenvalue weighted by Crippen LogP contribution is -2.41. The van der Waals surface area contributed by atoms with Crippen LogP contribution in [0.5, 0.6) is 0 Å². The van der Waals surface area contributed by atoms with E-state index in [9.17, 15) is 0 Å². The third kappa shape index (κ3) is 2.43. The molecule has 1 saturated heterocycles. The molecule has 0 radical (unpaired) electrons. The van der Waals surface area contributed by atoms with Gasteiger partial charge in [-0.05, 0) is 38.9 Å². The van der Waals surface area contributed by atoms with Crippen LogP contribution < -0.4 is 5.73 Å². The van der Waals surface area contributed by atoms with Gasteiger partial charge in [-0.3, -0.25) is 0 Å². The summed E-state index contributed by atoms with van der Waals surface area (Å²) in [6.07, 6.45) is 2.27. The Balaban J connectivity index is 2.27. The van der Waals surface area contributed by atoms with Crippen LogP contribution >= 0.6 is 0 Å². The van der Waals surface area contributed by atoms with Crippen molar-refractivity contribution in [2.75, 3.05) is 26.7 Å². The summed E-state index contributed by atoms with van der Waals surface area (Å²) in [6.45, 7) is 2.38. The van der Waals surface area contributed by atoms with E-state index >= 15 is 0 Å². The highest BCUT2D eigenvalue weighted by Crippen LogP contribution is 2.17. The fraction of sp³-hybridized carbons (Fsp3) is 1.00. The van der Waals surface area contributed by atoms with E-state index in [0.717, 1.165) is 25.9 Å². The molecule has 0 aromatic carbocycles. The Labute approximate surface area is 68.2 Å². The number of piperidine rings is 1. The lowest BCUT2D eigenvalue weighted by molar-refractivity contribution is 0.158. The molecule has 0 unspecified atom stereocenters. The number of nitrogens with two attached hydrogens (primary N) is 1. The zero-order valence-corrected chi connectivity index (χ0v) is 7.16. The normalized spacial score (nSPS) is 25.4. The van der Waals surface area contributed by atoms with Gasteiger partial charge in [0.2, 0.25) is 0 Å². The molecular weight excluding hydrogens is 140 g/mol. The minimum Gasteiger partial charge on any atom is -0.395 e. The fourth-order valence-corrected chi connectivity index (χ4v) is 1.61. The highest BCUT2D eigenvalue weighted by Gasteiger charge is 2.21. The first-order valence-corrected chi connectivity index (χ1v) is 4.29. The average Bonchev–Trinajstić information content (AvgIpc) is 2.05.